The highest BCUT2D eigenvalue weighted by Crippen LogP contribution is 2.54. The summed E-state index contributed by atoms with van der Waals surface area (Å²) < 4.78 is 6.22. The summed E-state index contributed by atoms with van der Waals surface area (Å²) in [5, 5.41) is 4.89. The van der Waals surface area contributed by atoms with E-state index in [4.69, 9.17) is 27.9 Å². The monoisotopic (exact) mass is 313 g/mol. The van der Waals surface area contributed by atoms with Crippen molar-refractivity contribution in [1.29, 1.82) is 0 Å². The van der Waals surface area contributed by atoms with Gasteiger partial charge in [0.2, 0.25) is 0 Å². The molecule has 2 saturated carbocycles. The molecule has 3 rings (SSSR count). The lowest BCUT2D eigenvalue weighted by Gasteiger charge is -2.54. The Hall–Kier alpha value is -0.440. The van der Waals surface area contributed by atoms with Crippen molar-refractivity contribution in [2.24, 2.45) is 5.41 Å². The molecule has 0 saturated heterocycles. The lowest BCUT2D eigenvalue weighted by Crippen LogP contribution is -2.63. The first-order chi connectivity index (χ1) is 9.64. The zero-order valence-corrected chi connectivity index (χ0v) is 13.3. The van der Waals surface area contributed by atoms with Crippen LogP contribution in [0.5, 0.6) is 5.75 Å². The molecule has 2 fully saturated rings. The molecule has 0 amide bonds. The summed E-state index contributed by atoms with van der Waals surface area (Å²) in [6.07, 6.45) is 6.55. The molecule has 4 heteroatoms. The van der Waals surface area contributed by atoms with Gasteiger partial charge in [-0.3, -0.25) is 0 Å². The molecule has 1 aromatic carbocycles. The molecule has 20 heavy (non-hydrogen) atoms. The van der Waals surface area contributed by atoms with Crippen molar-refractivity contribution in [3.63, 3.8) is 0 Å². The average Bonchev–Trinajstić information content (AvgIpc) is 2.88. The first kappa shape index (κ1) is 14.5. The molecule has 0 heterocycles. The first-order valence-electron chi connectivity index (χ1n) is 7.50. The van der Waals surface area contributed by atoms with Gasteiger partial charge in [0.25, 0.3) is 0 Å². The molecule has 2 aliphatic carbocycles. The Morgan fingerprint density at radius 2 is 1.85 bits per heavy atom. The van der Waals surface area contributed by atoms with E-state index in [1.807, 2.05) is 12.1 Å². The molecule has 1 aromatic rings. The number of rotatable bonds is 4. The highest BCUT2D eigenvalue weighted by atomic mass is 35.5. The summed E-state index contributed by atoms with van der Waals surface area (Å²) in [6, 6.07) is 6.06. The van der Waals surface area contributed by atoms with Crippen molar-refractivity contribution in [1.82, 2.24) is 5.32 Å². The van der Waals surface area contributed by atoms with Crippen LogP contribution in [0.3, 0.4) is 0 Å². The zero-order chi connectivity index (χ0) is 14.2. The Morgan fingerprint density at radius 3 is 2.45 bits per heavy atom. The van der Waals surface area contributed by atoms with Gasteiger partial charge in [0, 0.05) is 27.9 Å². The Bertz CT molecular complexity index is 465. The van der Waals surface area contributed by atoms with E-state index in [-0.39, 0.29) is 0 Å². The largest absolute Gasteiger partial charge is 0.490 e. The number of benzene rings is 1. The van der Waals surface area contributed by atoms with Crippen LogP contribution in [0.1, 0.15) is 39.0 Å². The number of hydrogen-bond donors (Lipinski definition) is 1. The normalized spacial score (nSPS) is 27.6. The number of ether oxygens (including phenoxy) is 1. The van der Waals surface area contributed by atoms with Gasteiger partial charge in [-0.15, -0.1) is 0 Å². The topological polar surface area (TPSA) is 21.3 Å². The predicted octanol–water partition coefficient (Wildman–Crippen LogP) is 4.68. The van der Waals surface area contributed by atoms with Gasteiger partial charge >= 0.3 is 0 Å². The van der Waals surface area contributed by atoms with E-state index in [1.54, 1.807) is 6.07 Å². The maximum absolute atomic E-state index is 6.22. The highest BCUT2D eigenvalue weighted by molar-refractivity contribution is 6.34. The molecule has 2 nitrogen and oxygen atoms in total. The fraction of sp³-hybridized carbons (Fsp3) is 0.625. The fourth-order valence-electron chi connectivity index (χ4n) is 3.91. The molecule has 0 aromatic heterocycles. The molecular formula is C16H21Cl2NO. The van der Waals surface area contributed by atoms with E-state index in [0.29, 0.717) is 27.6 Å². The average molecular weight is 314 g/mol. The maximum Gasteiger partial charge on any atom is 0.122 e. The summed E-state index contributed by atoms with van der Waals surface area (Å²) >= 11 is 12.1. The molecule has 1 spiro atoms. The van der Waals surface area contributed by atoms with Crippen molar-refractivity contribution in [3.8, 4) is 5.75 Å². The van der Waals surface area contributed by atoms with Crippen LogP contribution < -0.4 is 10.1 Å². The smallest absolute Gasteiger partial charge is 0.122 e. The van der Waals surface area contributed by atoms with E-state index in [9.17, 15) is 0 Å². The number of hydrogen-bond acceptors (Lipinski definition) is 2. The van der Waals surface area contributed by atoms with Gasteiger partial charge in [-0.25, -0.2) is 0 Å². The number of halogens is 2. The number of nitrogens with one attached hydrogen (secondary N) is 1. The van der Waals surface area contributed by atoms with Gasteiger partial charge in [0.15, 0.2) is 0 Å². The molecule has 110 valence electrons. The van der Waals surface area contributed by atoms with E-state index in [0.717, 1.165) is 18.7 Å². The van der Waals surface area contributed by atoms with Crippen molar-refractivity contribution in [2.45, 2.75) is 51.2 Å². The van der Waals surface area contributed by atoms with Crippen molar-refractivity contribution >= 4 is 23.2 Å². The third-order valence-electron chi connectivity index (χ3n) is 4.88. The molecule has 0 radical (unpaired) electrons. The standard InChI is InChI=1S/C16H21Cl2NO/c1-2-19-14-10-15(16(14)5-3-4-6-16)20-13-8-11(17)7-12(18)9-13/h7-9,14-15,19H,2-6,10H2,1H3. The summed E-state index contributed by atoms with van der Waals surface area (Å²) in [4.78, 5) is 0. The van der Waals surface area contributed by atoms with Crippen molar-refractivity contribution < 1.29 is 4.74 Å². The van der Waals surface area contributed by atoms with E-state index in [2.05, 4.69) is 12.2 Å². The Balaban J connectivity index is 1.74. The summed E-state index contributed by atoms with van der Waals surface area (Å²) in [6.45, 7) is 3.20. The minimum atomic E-state index is 0.295. The lowest BCUT2D eigenvalue weighted by atomic mass is 9.60. The Labute approximate surface area is 130 Å². The Morgan fingerprint density at radius 1 is 1.20 bits per heavy atom. The van der Waals surface area contributed by atoms with E-state index >= 15 is 0 Å². The fourth-order valence-corrected chi connectivity index (χ4v) is 4.42. The quantitative estimate of drug-likeness (QED) is 0.871. The summed E-state index contributed by atoms with van der Waals surface area (Å²) in [7, 11) is 0. The van der Waals surface area contributed by atoms with E-state index < -0.39 is 0 Å². The zero-order valence-electron chi connectivity index (χ0n) is 11.8. The Kier molecular flexibility index (Phi) is 4.16. The molecule has 2 atom stereocenters. The summed E-state index contributed by atoms with van der Waals surface area (Å²) in [5.41, 5.74) is 0.324. The SMILES string of the molecule is CCNC1CC(Oc2cc(Cl)cc(Cl)c2)C12CCCC2. The first-order valence-corrected chi connectivity index (χ1v) is 8.26. The second-order valence-corrected chi connectivity index (χ2v) is 6.87. The van der Waals surface area contributed by atoms with Crippen LogP contribution in [0, 0.1) is 5.41 Å². The van der Waals surface area contributed by atoms with Gasteiger partial charge in [-0.2, -0.15) is 0 Å². The van der Waals surface area contributed by atoms with Crippen molar-refractivity contribution in [2.75, 3.05) is 6.54 Å². The van der Waals surface area contributed by atoms with Crippen molar-refractivity contribution in [3.05, 3.63) is 28.2 Å². The van der Waals surface area contributed by atoms with Crippen LogP contribution in [-0.2, 0) is 0 Å². The van der Waals surface area contributed by atoms with Crippen LogP contribution in [0.15, 0.2) is 18.2 Å². The minimum Gasteiger partial charge on any atom is -0.490 e. The van der Waals surface area contributed by atoms with Gasteiger partial charge in [-0.05, 0) is 37.6 Å². The molecule has 2 aliphatic rings. The molecule has 0 aliphatic heterocycles. The lowest BCUT2D eigenvalue weighted by molar-refractivity contribution is -0.0755. The van der Waals surface area contributed by atoms with Crippen LogP contribution >= 0.6 is 23.2 Å². The van der Waals surface area contributed by atoms with Crippen LogP contribution in [0.25, 0.3) is 0 Å². The van der Waals surface area contributed by atoms with Crippen LogP contribution in [-0.4, -0.2) is 18.7 Å². The molecular weight excluding hydrogens is 293 g/mol. The maximum atomic E-state index is 6.22. The van der Waals surface area contributed by atoms with Gasteiger partial charge in [0.05, 0.1) is 0 Å². The molecule has 2 unspecified atom stereocenters. The van der Waals surface area contributed by atoms with Gasteiger partial charge in [0.1, 0.15) is 11.9 Å². The molecule has 1 N–H and O–H groups in total. The highest BCUT2D eigenvalue weighted by Gasteiger charge is 2.57. The van der Waals surface area contributed by atoms with E-state index in [1.165, 1.54) is 25.7 Å². The second-order valence-electron chi connectivity index (χ2n) is 6.00. The van der Waals surface area contributed by atoms with Gasteiger partial charge < -0.3 is 10.1 Å². The van der Waals surface area contributed by atoms with Crippen LogP contribution in [0.4, 0.5) is 0 Å². The second kappa shape index (κ2) is 5.75. The van der Waals surface area contributed by atoms with Gasteiger partial charge in [-0.1, -0.05) is 43.0 Å². The van der Waals surface area contributed by atoms with Crippen LogP contribution in [0.2, 0.25) is 10.0 Å². The third-order valence-corrected chi connectivity index (χ3v) is 5.32. The third kappa shape index (κ3) is 2.54. The minimum absolute atomic E-state index is 0.295. The summed E-state index contributed by atoms with van der Waals surface area (Å²) in [5.74, 6) is 0.800. The molecule has 0 bridgehead atoms. The predicted molar refractivity (Wildman–Crippen MR) is 83.9 cm³/mol.